The van der Waals surface area contributed by atoms with Crippen molar-refractivity contribution in [3.63, 3.8) is 0 Å². The van der Waals surface area contributed by atoms with Gasteiger partial charge in [-0.1, -0.05) is 35.5 Å². The number of nitro benzene ring substituents is 1. The number of nitrogens with zero attached hydrogens (tertiary/aromatic N) is 4. The lowest BCUT2D eigenvalue weighted by Crippen LogP contribution is -2.15. The highest BCUT2D eigenvalue weighted by Gasteiger charge is 2.16. The zero-order chi connectivity index (χ0) is 21.7. The van der Waals surface area contributed by atoms with E-state index in [1.54, 1.807) is 29.8 Å². The molecule has 0 saturated heterocycles. The van der Waals surface area contributed by atoms with Crippen LogP contribution in [-0.2, 0) is 18.4 Å². The van der Waals surface area contributed by atoms with Crippen molar-refractivity contribution in [2.24, 2.45) is 7.05 Å². The monoisotopic (exact) mass is 447 g/mol. The van der Waals surface area contributed by atoms with Gasteiger partial charge in [0, 0.05) is 18.1 Å². The summed E-state index contributed by atoms with van der Waals surface area (Å²) in [5.74, 6) is 0.892. The average molecular weight is 448 g/mol. The molecule has 0 radical (unpaired) electrons. The first-order valence-electron chi connectivity index (χ1n) is 8.78. The van der Waals surface area contributed by atoms with E-state index in [1.807, 2.05) is 13.0 Å². The molecular formula is C19H18ClN5O4S. The van der Waals surface area contributed by atoms with Crippen molar-refractivity contribution >= 4 is 40.6 Å². The van der Waals surface area contributed by atoms with Crippen LogP contribution in [0.15, 0.2) is 47.6 Å². The normalized spacial score (nSPS) is 10.6. The minimum Gasteiger partial charge on any atom is -0.486 e. The Morgan fingerprint density at radius 1 is 1.30 bits per heavy atom. The van der Waals surface area contributed by atoms with Crippen LogP contribution in [-0.4, -0.2) is 31.3 Å². The molecule has 0 saturated carbocycles. The molecule has 0 bridgehead atoms. The van der Waals surface area contributed by atoms with E-state index >= 15 is 0 Å². The number of benzene rings is 2. The van der Waals surface area contributed by atoms with Gasteiger partial charge in [-0.3, -0.25) is 14.9 Å². The number of thioether (sulfide) groups is 1. The van der Waals surface area contributed by atoms with Crippen molar-refractivity contribution in [1.29, 1.82) is 0 Å². The topological polar surface area (TPSA) is 112 Å². The van der Waals surface area contributed by atoms with Gasteiger partial charge < -0.3 is 14.6 Å². The van der Waals surface area contributed by atoms with E-state index in [0.717, 1.165) is 5.56 Å². The van der Waals surface area contributed by atoms with E-state index in [4.69, 9.17) is 16.3 Å². The van der Waals surface area contributed by atoms with Gasteiger partial charge in [0.25, 0.3) is 5.69 Å². The summed E-state index contributed by atoms with van der Waals surface area (Å²) >= 11 is 7.18. The predicted octanol–water partition coefficient (Wildman–Crippen LogP) is 3.99. The second kappa shape index (κ2) is 9.59. The van der Waals surface area contributed by atoms with Gasteiger partial charge in [0.1, 0.15) is 18.0 Å². The van der Waals surface area contributed by atoms with Crippen LogP contribution in [0.1, 0.15) is 11.4 Å². The van der Waals surface area contributed by atoms with Crippen molar-refractivity contribution in [3.05, 3.63) is 69.0 Å². The van der Waals surface area contributed by atoms with Crippen LogP contribution in [0.5, 0.6) is 5.75 Å². The number of hydrogen-bond donors (Lipinski definition) is 1. The summed E-state index contributed by atoms with van der Waals surface area (Å²) < 4.78 is 7.46. The summed E-state index contributed by atoms with van der Waals surface area (Å²) in [4.78, 5) is 22.7. The average Bonchev–Trinajstić information content (AvgIpc) is 3.07. The maximum atomic E-state index is 12.2. The predicted molar refractivity (Wildman–Crippen MR) is 114 cm³/mol. The molecule has 0 aliphatic rings. The van der Waals surface area contributed by atoms with Gasteiger partial charge in [-0.05, 0) is 36.8 Å². The zero-order valence-electron chi connectivity index (χ0n) is 16.2. The molecule has 0 fully saturated rings. The Kier molecular flexibility index (Phi) is 6.91. The van der Waals surface area contributed by atoms with Gasteiger partial charge in [-0.2, -0.15) is 0 Å². The second-order valence-corrected chi connectivity index (χ2v) is 7.62. The first-order valence-corrected chi connectivity index (χ1v) is 10.1. The summed E-state index contributed by atoms with van der Waals surface area (Å²) in [5, 5.41) is 22.9. The van der Waals surface area contributed by atoms with Gasteiger partial charge in [0.05, 0.1) is 10.7 Å². The fourth-order valence-electron chi connectivity index (χ4n) is 2.51. The fourth-order valence-corrected chi connectivity index (χ4v) is 3.35. The van der Waals surface area contributed by atoms with Crippen LogP contribution in [0, 0.1) is 17.0 Å². The SMILES string of the molecule is Cc1cc(OCc2nnc(SCC(=O)Nc3ccccc3[N+](=O)[O-])n2C)ccc1Cl. The molecule has 3 aromatic rings. The van der Waals surface area contributed by atoms with Gasteiger partial charge >= 0.3 is 0 Å². The first kappa shape index (κ1) is 21.6. The Bertz CT molecular complexity index is 1090. The van der Waals surface area contributed by atoms with Crippen LogP contribution in [0.2, 0.25) is 5.02 Å². The molecule has 0 aliphatic heterocycles. The van der Waals surface area contributed by atoms with Crippen LogP contribution in [0.25, 0.3) is 0 Å². The lowest BCUT2D eigenvalue weighted by molar-refractivity contribution is -0.383. The third-order valence-electron chi connectivity index (χ3n) is 4.13. The van der Waals surface area contributed by atoms with E-state index in [0.29, 0.717) is 21.8 Å². The molecule has 2 aromatic carbocycles. The molecule has 0 spiro atoms. The minimum atomic E-state index is -0.542. The molecule has 9 nitrogen and oxygen atoms in total. The summed E-state index contributed by atoms with van der Waals surface area (Å²) in [6.45, 7) is 2.09. The minimum absolute atomic E-state index is 0.0231. The number of aryl methyl sites for hydroxylation is 1. The second-order valence-electron chi connectivity index (χ2n) is 6.27. The number of ether oxygens (including phenoxy) is 1. The maximum Gasteiger partial charge on any atom is 0.292 e. The summed E-state index contributed by atoms with van der Waals surface area (Å²) in [6.07, 6.45) is 0. The Morgan fingerprint density at radius 2 is 2.07 bits per heavy atom. The van der Waals surface area contributed by atoms with Gasteiger partial charge in [0.15, 0.2) is 11.0 Å². The molecule has 1 amide bonds. The lowest BCUT2D eigenvalue weighted by Gasteiger charge is -2.08. The van der Waals surface area contributed by atoms with Gasteiger partial charge in [-0.25, -0.2) is 0 Å². The highest BCUT2D eigenvalue weighted by atomic mass is 35.5. The molecule has 11 heteroatoms. The Balaban J connectivity index is 1.56. The van der Waals surface area contributed by atoms with E-state index in [-0.39, 0.29) is 29.6 Å². The number of hydrogen-bond acceptors (Lipinski definition) is 7. The number of amides is 1. The van der Waals surface area contributed by atoms with Crippen molar-refractivity contribution in [2.45, 2.75) is 18.7 Å². The molecule has 156 valence electrons. The number of aromatic nitrogens is 3. The first-order chi connectivity index (χ1) is 14.3. The summed E-state index contributed by atoms with van der Waals surface area (Å²) in [6, 6.07) is 11.3. The third-order valence-corrected chi connectivity index (χ3v) is 5.57. The maximum absolute atomic E-state index is 12.2. The molecule has 0 aliphatic carbocycles. The number of para-hydroxylation sites is 2. The van der Waals surface area contributed by atoms with Crippen LogP contribution < -0.4 is 10.1 Å². The number of nitrogens with one attached hydrogen (secondary N) is 1. The number of nitro groups is 1. The molecule has 0 atom stereocenters. The summed E-state index contributed by atoms with van der Waals surface area (Å²) in [7, 11) is 1.77. The van der Waals surface area contributed by atoms with Crippen molar-refractivity contribution in [1.82, 2.24) is 14.8 Å². The van der Waals surface area contributed by atoms with Crippen molar-refractivity contribution < 1.29 is 14.5 Å². The highest BCUT2D eigenvalue weighted by Crippen LogP contribution is 2.25. The molecule has 1 heterocycles. The summed E-state index contributed by atoms with van der Waals surface area (Å²) in [5.41, 5.74) is 0.901. The molecule has 30 heavy (non-hydrogen) atoms. The number of halogens is 1. The molecular weight excluding hydrogens is 430 g/mol. The Hall–Kier alpha value is -3.11. The van der Waals surface area contributed by atoms with Crippen LogP contribution >= 0.6 is 23.4 Å². The van der Waals surface area contributed by atoms with E-state index in [9.17, 15) is 14.9 Å². The smallest absolute Gasteiger partial charge is 0.292 e. The van der Waals surface area contributed by atoms with Crippen LogP contribution in [0.3, 0.4) is 0 Å². The number of carbonyl (C=O) groups is 1. The van der Waals surface area contributed by atoms with E-state index < -0.39 is 4.92 Å². The van der Waals surface area contributed by atoms with Crippen molar-refractivity contribution in [3.8, 4) is 5.75 Å². The molecule has 1 aromatic heterocycles. The largest absolute Gasteiger partial charge is 0.486 e. The zero-order valence-corrected chi connectivity index (χ0v) is 17.7. The molecule has 0 unspecified atom stereocenters. The fraction of sp³-hybridized carbons (Fsp3) is 0.211. The lowest BCUT2D eigenvalue weighted by atomic mass is 10.2. The number of anilines is 1. The molecule has 1 N–H and O–H groups in total. The number of rotatable bonds is 8. The van der Waals surface area contributed by atoms with E-state index in [2.05, 4.69) is 15.5 Å². The Labute approximate surface area is 181 Å². The van der Waals surface area contributed by atoms with Crippen LogP contribution in [0.4, 0.5) is 11.4 Å². The van der Waals surface area contributed by atoms with E-state index in [1.165, 1.54) is 30.0 Å². The van der Waals surface area contributed by atoms with Gasteiger partial charge in [-0.15, -0.1) is 10.2 Å². The standard InChI is InChI=1S/C19H18ClN5O4S/c1-12-9-13(7-8-14(12)20)29-10-17-22-23-19(24(17)2)30-11-18(26)21-15-5-3-4-6-16(15)25(27)28/h3-9H,10-11H2,1-2H3,(H,21,26). The quantitative estimate of drug-likeness (QED) is 0.315. The Morgan fingerprint density at radius 3 is 2.80 bits per heavy atom. The third kappa shape index (κ3) is 5.28. The molecule has 3 rings (SSSR count). The van der Waals surface area contributed by atoms with Gasteiger partial charge in [0.2, 0.25) is 5.91 Å². The van der Waals surface area contributed by atoms with Crippen molar-refractivity contribution in [2.75, 3.05) is 11.1 Å². The number of carbonyl (C=O) groups excluding carboxylic acids is 1. The highest BCUT2D eigenvalue weighted by molar-refractivity contribution is 7.99.